The third kappa shape index (κ3) is 4.55. The van der Waals surface area contributed by atoms with Gasteiger partial charge in [-0.3, -0.25) is 9.36 Å². The van der Waals surface area contributed by atoms with Gasteiger partial charge in [-0.25, -0.2) is 4.79 Å². The minimum Gasteiger partial charge on any atom is -0.449 e. The van der Waals surface area contributed by atoms with Gasteiger partial charge in [-0.15, -0.1) is 0 Å². The van der Waals surface area contributed by atoms with Gasteiger partial charge in [-0.2, -0.15) is 5.26 Å². The second-order valence-electron chi connectivity index (χ2n) is 6.49. The molecule has 3 rings (SSSR count). The van der Waals surface area contributed by atoms with E-state index in [0.717, 1.165) is 5.56 Å². The molecule has 1 atom stereocenters. The number of nitriles is 1. The fourth-order valence-corrected chi connectivity index (χ4v) is 2.92. The first kappa shape index (κ1) is 20.0. The zero-order valence-corrected chi connectivity index (χ0v) is 16.2. The molecule has 148 valence electrons. The summed E-state index contributed by atoms with van der Waals surface area (Å²) in [4.78, 5) is 24.9. The smallest absolute Gasteiger partial charge is 0.343 e. The molecule has 2 heterocycles. The molecule has 7 heteroatoms. The topological polar surface area (TPSA) is 97.3 Å². The molecule has 0 aliphatic carbocycles. The number of aromatic nitrogens is 1. The van der Waals surface area contributed by atoms with E-state index >= 15 is 0 Å². The zero-order chi connectivity index (χ0) is 20.8. The maximum absolute atomic E-state index is 12.6. The van der Waals surface area contributed by atoms with Crippen molar-refractivity contribution in [3.63, 3.8) is 0 Å². The van der Waals surface area contributed by atoms with Gasteiger partial charge in [0.25, 0.3) is 5.91 Å². The van der Waals surface area contributed by atoms with E-state index in [1.165, 1.54) is 6.92 Å². The van der Waals surface area contributed by atoms with Crippen LogP contribution in [0.1, 0.15) is 34.2 Å². The summed E-state index contributed by atoms with van der Waals surface area (Å²) in [5.41, 5.74) is 1.20. The molecule has 29 heavy (non-hydrogen) atoms. The second-order valence-corrected chi connectivity index (χ2v) is 6.49. The van der Waals surface area contributed by atoms with E-state index in [1.54, 1.807) is 36.0 Å². The normalized spacial score (nSPS) is 11.5. The number of carbonyl (C=O) groups is 2. The van der Waals surface area contributed by atoms with E-state index in [1.807, 2.05) is 36.4 Å². The highest BCUT2D eigenvalue weighted by atomic mass is 16.5. The van der Waals surface area contributed by atoms with E-state index in [-0.39, 0.29) is 22.8 Å². The summed E-state index contributed by atoms with van der Waals surface area (Å²) in [6, 6.07) is 15.3. The van der Waals surface area contributed by atoms with Gasteiger partial charge in [-0.1, -0.05) is 30.3 Å². The largest absolute Gasteiger partial charge is 0.449 e. The SMILES string of the molecule is Cc1oc(-n2cccc2)c(C#N)c1C(=O)OC(C)C(=O)NCCc1ccccc1. The number of furan rings is 1. The Kier molecular flexibility index (Phi) is 6.15. The van der Waals surface area contributed by atoms with Gasteiger partial charge in [0.05, 0.1) is 0 Å². The zero-order valence-electron chi connectivity index (χ0n) is 16.2. The number of amides is 1. The molecule has 0 spiro atoms. The van der Waals surface area contributed by atoms with Gasteiger partial charge in [0.2, 0.25) is 5.88 Å². The maximum atomic E-state index is 12.6. The molecule has 3 aromatic rings. The van der Waals surface area contributed by atoms with Crippen molar-refractivity contribution in [1.29, 1.82) is 5.26 Å². The molecule has 1 amide bonds. The van der Waals surface area contributed by atoms with E-state index in [2.05, 4.69) is 5.32 Å². The minimum atomic E-state index is -1.01. The highest BCUT2D eigenvalue weighted by Gasteiger charge is 2.28. The number of benzene rings is 1. The van der Waals surface area contributed by atoms with Crippen LogP contribution in [0.5, 0.6) is 0 Å². The molecule has 7 nitrogen and oxygen atoms in total. The molecular weight excluding hydrogens is 370 g/mol. The van der Waals surface area contributed by atoms with E-state index in [4.69, 9.17) is 9.15 Å². The van der Waals surface area contributed by atoms with Gasteiger partial charge in [0, 0.05) is 18.9 Å². The average Bonchev–Trinajstić information content (AvgIpc) is 3.35. The molecule has 0 fully saturated rings. The lowest BCUT2D eigenvalue weighted by Gasteiger charge is -2.13. The summed E-state index contributed by atoms with van der Waals surface area (Å²) >= 11 is 0. The molecule has 0 saturated carbocycles. The summed E-state index contributed by atoms with van der Waals surface area (Å²) < 4.78 is 12.5. The summed E-state index contributed by atoms with van der Waals surface area (Å²) in [5.74, 6) is -0.680. The van der Waals surface area contributed by atoms with Crippen LogP contribution in [-0.2, 0) is 16.0 Å². The fourth-order valence-electron chi connectivity index (χ4n) is 2.92. The molecule has 0 radical (unpaired) electrons. The van der Waals surface area contributed by atoms with Crippen LogP contribution >= 0.6 is 0 Å². The predicted molar refractivity (Wildman–Crippen MR) is 106 cm³/mol. The Bertz CT molecular complexity index is 1030. The van der Waals surface area contributed by atoms with Crippen LogP contribution in [0.25, 0.3) is 5.88 Å². The van der Waals surface area contributed by atoms with Crippen molar-refractivity contribution >= 4 is 11.9 Å². The molecule has 1 N–H and O–H groups in total. The first-order valence-corrected chi connectivity index (χ1v) is 9.20. The third-order valence-corrected chi connectivity index (χ3v) is 4.43. The van der Waals surface area contributed by atoms with Crippen LogP contribution < -0.4 is 5.32 Å². The molecule has 1 unspecified atom stereocenters. The van der Waals surface area contributed by atoms with Crippen molar-refractivity contribution in [1.82, 2.24) is 9.88 Å². The molecular formula is C22H21N3O4. The maximum Gasteiger partial charge on any atom is 0.343 e. The monoisotopic (exact) mass is 391 g/mol. The van der Waals surface area contributed by atoms with E-state index in [9.17, 15) is 14.9 Å². The first-order chi connectivity index (χ1) is 14.0. The molecule has 0 bridgehead atoms. The highest BCUT2D eigenvalue weighted by molar-refractivity contribution is 5.96. The van der Waals surface area contributed by atoms with Crippen LogP contribution in [-0.4, -0.2) is 29.1 Å². The molecule has 1 aromatic carbocycles. The van der Waals surface area contributed by atoms with Crippen molar-refractivity contribution < 1.29 is 18.7 Å². The lowest BCUT2D eigenvalue weighted by atomic mass is 10.1. The highest BCUT2D eigenvalue weighted by Crippen LogP contribution is 2.26. The van der Waals surface area contributed by atoms with Crippen molar-refractivity contribution in [2.75, 3.05) is 6.54 Å². The number of ether oxygens (including phenoxy) is 1. The Morgan fingerprint density at radius 1 is 1.21 bits per heavy atom. The molecule has 0 aliphatic rings. The van der Waals surface area contributed by atoms with Crippen LogP contribution in [0.4, 0.5) is 0 Å². The number of esters is 1. The number of rotatable bonds is 7. The summed E-state index contributed by atoms with van der Waals surface area (Å²) in [7, 11) is 0. The Balaban J connectivity index is 1.64. The fraction of sp³-hybridized carbons (Fsp3) is 0.227. The van der Waals surface area contributed by atoms with Crippen LogP contribution in [0.3, 0.4) is 0 Å². The molecule has 0 saturated heterocycles. The van der Waals surface area contributed by atoms with Crippen molar-refractivity contribution in [3.8, 4) is 12.0 Å². The van der Waals surface area contributed by atoms with Gasteiger partial charge < -0.3 is 14.5 Å². The predicted octanol–water partition coefficient (Wildman–Crippen LogP) is 3.15. The van der Waals surface area contributed by atoms with Crippen LogP contribution in [0.15, 0.2) is 59.3 Å². The lowest BCUT2D eigenvalue weighted by molar-refractivity contribution is -0.129. The molecule has 0 aliphatic heterocycles. The minimum absolute atomic E-state index is 0.0279. The third-order valence-electron chi connectivity index (χ3n) is 4.43. The number of carbonyl (C=O) groups excluding carboxylic acids is 2. The number of hydrogen-bond acceptors (Lipinski definition) is 5. The van der Waals surface area contributed by atoms with Gasteiger partial charge in [0.1, 0.15) is 23.0 Å². The van der Waals surface area contributed by atoms with Crippen LogP contribution in [0, 0.1) is 18.3 Å². The number of nitrogens with one attached hydrogen (secondary N) is 1. The van der Waals surface area contributed by atoms with E-state index in [0.29, 0.717) is 13.0 Å². The van der Waals surface area contributed by atoms with Crippen LogP contribution in [0.2, 0.25) is 0 Å². The lowest BCUT2D eigenvalue weighted by Crippen LogP contribution is -2.37. The standard InChI is InChI=1S/C22H21N3O4/c1-15-19(18(14-23)21(28-15)25-12-6-7-13-25)22(27)29-16(2)20(26)24-11-10-17-8-4-3-5-9-17/h3-9,12-13,16H,10-11H2,1-2H3,(H,24,26). The van der Waals surface area contributed by atoms with Gasteiger partial charge in [0.15, 0.2) is 6.10 Å². The Morgan fingerprint density at radius 2 is 1.90 bits per heavy atom. The van der Waals surface area contributed by atoms with Gasteiger partial charge in [-0.05, 0) is 38.0 Å². The first-order valence-electron chi connectivity index (χ1n) is 9.20. The van der Waals surface area contributed by atoms with Crippen molar-refractivity contribution in [2.45, 2.75) is 26.4 Å². The Hall–Kier alpha value is -3.79. The number of hydrogen-bond donors (Lipinski definition) is 1. The Morgan fingerprint density at radius 3 is 2.55 bits per heavy atom. The quantitative estimate of drug-likeness (QED) is 0.624. The Labute approximate surface area is 168 Å². The number of aryl methyl sites for hydroxylation is 1. The van der Waals surface area contributed by atoms with Crippen molar-refractivity contribution in [2.24, 2.45) is 0 Å². The second kappa shape index (κ2) is 8.93. The average molecular weight is 391 g/mol. The summed E-state index contributed by atoms with van der Waals surface area (Å²) in [6.45, 7) is 3.50. The summed E-state index contributed by atoms with van der Waals surface area (Å²) in [6.07, 6.45) is 3.08. The van der Waals surface area contributed by atoms with E-state index < -0.39 is 18.0 Å². The van der Waals surface area contributed by atoms with Crippen molar-refractivity contribution in [3.05, 3.63) is 77.3 Å². The molecule has 2 aromatic heterocycles. The van der Waals surface area contributed by atoms with Gasteiger partial charge >= 0.3 is 5.97 Å². The number of nitrogens with zero attached hydrogens (tertiary/aromatic N) is 2. The summed E-state index contributed by atoms with van der Waals surface area (Å²) in [5, 5.41) is 12.3.